The van der Waals surface area contributed by atoms with Gasteiger partial charge in [0, 0.05) is 25.8 Å². The number of aryl methyl sites for hydroxylation is 1. The third kappa shape index (κ3) is 4.02. The molecule has 1 unspecified atom stereocenters. The molecule has 1 aromatic carbocycles. The van der Waals surface area contributed by atoms with Crippen molar-refractivity contribution in [3.8, 4) is 5.75 Å². The lowest BCUT2D eigenvalue weighted by Gasteiger charge is -2.23. The Morgan fingerprint density at radius 2 is 2.00 bits per heavy atom. The molecule has 0 aliphatic carbocycles. The van der Waals surface area contributed by atoms with Crippen LogP contribution < -0.4 is 4.74 Å². The molecule has 2 aromatic rings. The predicted molar refractivity (Wildman–Crippen MR) is 107 cm³/mol. The van der Waals surface area contributed by atoms with E-state index >= 15 is 0 Å². The number of ether oxygens (including phenoxy) is 2. The van der Waals surface area contributed by atoms with E-state index in [0.29, 0.717) is 30.3 Å². The number of benzene rings is 1. The Morgan fingerprint density at radius 3 is 2.62 bits per heavy atom. The number of likely N-dealkylation sites (tertiary alicyclic amines) is 1. The summed E-state index contributed by atoms with van der Waals surface area (Å²) in [5.41, 5.74) is 0.131. The summed E-state index contributed by atoms with van der Waals surface area (Å²) in [6.45, 7) is 2.46. The molecule has 7 nitrogen and oxygen atoms in total. The number of aliphatic hydroxyl groups excluding tert-OH is 1. The van der Waals surface area contributed by atoms with E-state index < -0.39 is 17.7 Å². The van der Waals surface area contributed by atoms with Crippen LogP contribution in [0.3, 0.4) is 0 Å². The van der Waals surface area contributed by atoms with Crippen LogP contribution in [-0.4, -0.2) is 49.1 Å². The highest BCUT2D eigenvalue weighted by Crippen LogP contribution is 2.41. The van der Waals surface area contributed by atoms with Crippen molar-refractivity contribution < 1.29 is 28.6 Å². The van der Waals surface area contributed by atoms with E-state index in [9.17, 15) is 14.7 Å². The molecule has 1 N–H and O–H groups in total. The van der Waals surface area contributed by atoms with E-state index in [-0.39, 0.29) is 28.5 Å². The zero-order valence-corrected chi connectivity index (χ0v) is 17.2. The predicted octanol–water partition coefficient (Wildman–Crippen LogP) is 3.71. The Morgan fingerprint density at radius 1 is 1.24 bits per heavy atom. The van der Waals surface area contributed by atoms with Gasteiger partial charge in [0.1, 0.15) is 29.1 Å². The second-order valence-corrected chi connectivity index (χ2v) is 7.04. The van der Waals surface area contributed by atoms with Gasteiger partial charge in [-0.3, -0.25) is 9.59 Å². The average molecular weight is 420 g/mol. The van der Waals surface area contributed by atoms with Crippen LogP contribution in [0, 0.1) is 6.92 Å². The maximum Gasteiger partial charge on any atom is 0.295 e. The third-order valence-electron chi connectivity index (χ3n) is 4.75. The number of halogens is 1. The quantitative estimate of drug-likeness (QED) is 0.318. The summed E-state index contributed by atoms with van der Waals surface area (Å²) in [5, 5.41) is 11.2. The van der Waals surface area contributed by atoms with Crippen molar-refractivity contribution in [2.75, 3.05) is 27.4 Å². The number of carbonyl (C=O) groups is 2. The number of nitrogens with zero attached hydrogens (tertiary/aromatic N) is 1. The minimum absolute atomic E-state index is 0.0723. The normalized spacial score (nSPS) is 18.5. The molecule has 0 bridgehead atoms. The monoisotopic (exact) mass is 419 g/mol. The molecule has 1 atom stereocenters. The molecule has 1 aliphatic rings. The molecule has 1 saturated heterocycles. The molecule has 0 radical (unpaired) electrons. The van der Waals surface area contributed by atoms with Crippen molar-refractivity contribution in [3.63, 3.8) is 0 Å². The van der Waals surface area contributed by atoms with E-state index in [1.165, 1.54) is 18.1 Å². The molecule has 1 amide bonds. The van der Waals surface area contributed by atoms with Gasteiger partial charge in [0.15, 0.2) is 0 Å². The van der Waals surface area contributed by atoms with Gasteiger partial charge < -0.3 is 23.9 Å². The second kappa shape index (κ2) is 8.71. The van der Waals surface area contributed by atoms with Crippen LogP contribution in [0.15, 0.2) is 40.3 Å². The zero-order chi connectivity index (χ0) is 21.1. The van der Waals surface area contributed by atoms with Gasteiger partial charge in [-0.15, -0.1) is 0 Å². The Hall–Kier alpha value is -2.77. The molecule has 154 valence electrons. The molecule has 2 heterocycles. The molecule has 8 heteroatoms. The summed E-state index contributed by atoms with van der Waals surface area (Å²) < 4.78 is 16.0. The number of methoxy groups -OCH3 is 2. The SMILES string of the molecule is COCCCN1C(=O)C(=O)/C(=C(/O)c2cc(OC)ccc2Cl)C1c1ccc(C)o1. The van der Waals surface area contributed by atoms with Gasteiger partial charge in [-0.2, -0.15) is 0 Å². The van der Waals surface area contributed by atoms with Gasteiger partial charge in [0.2, 0.25) is 0 Å². The van der Waals surface area contributed by atoms with Crippen molar-refractivity contribution in [1.29, 1.82) is 0 Å². The molecule has 3 rings (SSSR count). The van der Waals surface area contributed by atoms with Crippen molar-refractivity contribution in [3.05, 3.63) is 58.0 Å². The summed E-state index contributed by atoms with van der Waals surface area (Å²) >= 11 is 6.25. The summed E-state index contributed by atoms with van der Waals surface area (Å²) in [5.74, 6) is -0.406. The number of aliphatic hydroxyl groups is 1. The maximum atomic E-state index is 12.9. The minimum atomic E-state index is -0.858. The largest absolute Gasteiger partial charge is 0.507 e. The van der Waals surface area contributed by atoms with Gasteiger partial charge in [0.05, 0.1) is 17.7 Å². The smallest absolute Gasteiger partial charge is 0.295 e. The van der Waals surface area contributed by atoms with Crippen LogP contribution in [0.25, 0.3) is 5.76 Å². The third-order valence-corrected chi connectivity index (χ3v) is 5.08. The van der Waals surface area contributed by atoms with Gasteiger partial charge in [-0.05, 0) is 43.7 Å². The molecule has 1 aliphatic heterocycles. The fourth-order valence-corrected chi connectivity index (χ4v) is 3.55. The zero-order valence-electron chi connectivity index (χ0n) is 16.4. The molecule has 29 heavy (non-hydrogen) atoms. The number of carbonyl (C=O) groups excluding carboxylic acids is 2. The number of rotatable bonds is 7. The fraction of sp³-hybridized carbons (Fsp3) is 0.333. The second-order valence-electron chi connectivity index (χ2n) is 6.63. The Kier molecular flexibility index (Phi) is 6.30. The first kappa shape index (κ1) is 21.0. The lowest BCUT2D eigenvalue weighted by Crippen LogP contribution is -2.31. The van der Waals surface area contributed by atoms with Crippen LogP contribution in [0.4, 0.5) is 0 Å². The van der Waals surface area contributed by atoms with E-state index in [4.69, 9.17) is 25.5 Å². The number of furan rings is 1. The van der Waals surface area contributed by atoms with Crippen LogP contribution in [0.1, 0.15) is 29.5 Å². The van der Waals surface area contributed by atoms with Gasteiger partial charge >= 0.3 is 0 Å². The van der Waals surface area contributed by atoms with Crippen LogP contribution in [-0.2, 0) is 14.3 Å². The fourth-order valence-electron chi connectivity index (χ4n) is 3.34. The van der Waals surface area contributed by atoms with E-state index in [1.54, 1.807) is 38.3 Å². The maximum absolute atomic E-state index is 12.9. The van der Waals surface area contributed by atoms with Gasteiger partial charge in [-0.25, -0.2) is 0 Å². The molecular weight excluding hydrogens is 398 g/mol. The molecular formula is C21H22ClNO6. The summed E-state index contributed by atoms with van der Waals surface area (Å²) in [4.78, 5) is 27.0. The highest BCUT2D eigenvalue weighted by molar-refractivity contribution is 6.46. The minimum Gasteiger partial charge on any atom is -0.507 e. The first-order chi connectivity index (χ1) is 13.9. The van der Waals surface area contributed by atoms with Gasteiger partial charge in [-0.1, -0.05) is 11.6 Å². The molecule has 1 aromatic heterocycles. The molecule has 1 fully saturated rings. The Bertz CT molecular complexity index is 964. The standard InChI is InChI=1S/C21H22ClNO6/c1-12-5-8-16(29-12)18-17(20(25)21(26)23(18)9-4-10-27-2)19(24)14-11-13(28-3)6-7-15(14)22/h5-8,11,18,24H,4,9-10H2,1-3H3/b19-17+. The Labute approximate surface area is 173 Å². The van der Waals surface area contributed by atoms with E-state index in [2.05, 4.69) is 0 Å². The highest BCUT2D eigenvalue weighted by atomic mass is 35.5. The number of hydrogen-bond donors (Lipinski definition) is 1. The first-order valence-electron chi connectivity index (χ1n) is 9.06. The van der Waals surface area contributed by atoms with Gasteiger partial charge in [0.25, 0.3) is 11.7 Å². The summed E-state index contributed by atoms with van der Waals surface area (Å²) in [6, 6.07) is 7.27. The number of hydrogen-bond acceptors (Lipinski definition) is 6. The summed E-state index contributed by atoms with van der Waals surface area (Å²) in [7, 11) is 3.04. The van der Waals surface area contributed by atoms with E-state index in [0.717, 1.165) is 0 Å². The van der Waals surface area contributed by atoms with Crippen molar-refractivity contribution in [2.24, 2.45) is 0 Å². The number of amides is 1. The molecule has 0 saturated carbocycles. The number of ketones is 1. The number of Topliss-reactive ketones (excluding diaryl/α,β-unsaturated/α-hetero) is 1. The van der Waals surface area contributed by atoms with E-state index in [1.807, 2.05) is 0 Å². The van der Waals surface area contributed by atoms with Crippen LogP contribution in [0.5, 0.6) is 5.75 Å². The molecule has 0 spiro atoms. The van der Waals surface area contributed by atoms with Crippen molar-refractivity contribution in [2.45, 2.75) is 19.4 Å². The van der Waals surface area contributed by atoms with Crippen LogP contribution in [0.2, 0.25) is 5.02 Å². The lowest BCUT2D eigenvalue weighted by atomic mass is 9.99. The first-order valence-corrected chi connectivity index (χ1v) is 9.44. The van der Waals surface area contributed by atoms with Crippen molar-refractivity contribution >= 4 is 29.1 Å². The van der Waals surface area contributed by atoms with Crippen LogP contribution >= 0.6 is 11.6 Å². The Balaban J connectivity index is 2.15. The highest BCUT2D eigenvalue weighted by Gasteiger charge is 2.47. The average Bonchev–Trinajstić information content (AvgIpc) is 3.24. The topological polar surface area (TPSA) is 89.2 Å². The summed E-state index contributed by atoms with van der Waals surface area (Å²) in [6.07, 6.45) is 0.527. The van der Waals surface area contributed by atoms with Crippen molar-refractivity contribution in [1.82, 2.24) is 4.90 Å². The lowest BCUT2D eigenvalue weighted by molar-refractivity contribution is -0.140.